The first-order chi connectivity index (χ1) is 11.1. The summed E-state index contributed by atoms with van der Waals surface area (Å²) < 4.78 is 25.8. The quantitative estimate of drug-likeness (QED) is 0.685. The molecule has 4 N–H and O–H groups in total. The van der Waals surface area contributed by atoms with Gasteiger partial charge in [0.15, 0.2) is 0 Å². The molecule has 0 aliphatic rings. The molecule has 0 aliphatic carbocycles. The maximum atomic E-state index is 12.9. The van der Waals surface area contributed by atoms with Crippen molar-refractivity contribution in [1.82, 2.24) is 15.0 Å². The molecule has 116 valence electrons. The standard InChI is InChI=1S/C15H12F2N6/c16-9-1-5-11(6-2-9)19-14-21-13(18)22-15(23-14)20-12-7-3-10(17)4-8-12/h1-8H,(H4,18,19,20,21,22,23). The van der Waals surface area contributed by atoms with E-state index < -0.39 is 0 Å². The van der Waals surface area contributed by atoms with E-state index in [0.29, 0.717) is 11.4 Å². The van der Waals surface area contributed by atoms with Crippen molar-refractivity contribution >= 4 is 29.2 Å². The van der Waals surface area contributed by atoms with Gasteiger partial charge in [-0.2, -0.15) is 15.0 Å². The second-order valence-corrected chi connectivity index (χ2v) is 4.60. The van der Waals surface area contributed by atoms with Crippen LogP contribution in [0.5, 0.6) is 0 Å². The predicted octanol–water partition coefficient (Wildman–Crippen LogP) is 3.22. The van der Waals surface area contributed by atoms with Crippen LogP contribution in [0.2, 0.25) is 0 Å². The highest BCUT2D eigenvalue weighted by molar-refractivity contribution is 5.58. The minimum atomic E-state index is -0.343. The van der Waals surface area contributed by atoms with E-state index in [1.54, 1.807) is 24.3 Å². The molecule has 2 aromatic carbocycles. The Balaban J connectivity index is 1.81. The fraction of sp³-hybridized carbons (Fsp3) is 0. The third kappa shape index (κ3) is 3.88. The second-order valence-electron chi connectivity index (χ2n) is 4.60. The van der Waals surface area contributed by atoms with Crippen LogP contribution in [0.1, 0.15) is 0 Å². The summed E-state index contributed by atoms with van der Waals surface area (Å²) in [7, 11) is 0. The number of nitrogen functional groups attached to an aromatic ring is 1. The van der Waals surface area contributed by atoms with E-state index in [0.717, 1.165) is 0 Å². The van der Waals surface area contributed by atoms with Crippen molar-refractivity contribution in [3.8, 4) is 0 Å². The SMILES string of the molecule is Nc1nc(Nc2ccc(F)cc2)nc(Nc2ccc(F)cc2)n1. The highest BCUT2D eigenvalue weighted by Gasteiger charge is 2.06. The molecule has 8 heteroatoms. The molecule has 1 aromatic heterocycles. The molecule has 0 saturated carbocycles. The maximum Gasteiger partial charge on any atom is 0.233 e. The Morgan fingerprint density at radius 1 is 0.652 bits per heavy atom. The average Bonchev–Trinajstić information content (AvgIpc) is 2.51. The van der Waals surface area contributed by atoms with Gasteiger partial charge in [0.2, 0.25) is 17.8 Å². The van der Waals surface area contributed by atoms with Crippen molar-refractivity contribution in [3.63, 3.8) is 0 Å². The summed E-state index contributed by atoms with van der Waals surface area (Å²) in [5.41, 5.74) is 6.86. The largest absolute Gasteiger partial charge is 0.368 e. The third-order valence-electron chi connectivity index (χ3n) is 2.85. The van der Waals surface area contributed by atoms with Crippen LogP contribution in [-0.4, -0.2) is 15.0 Å². The zero-order valence-corrected chi connectivity index (χ0v) is 11.8. The topological polar surface area (TPSA) is 88.8 Å². The minimum absolute atomic E-state index is 0.00854. The van der Waals surface area contributed by atoms with Gasteiger partial charge >= 0.3 is 0 Å². The Kier molecular flexibility index (Phi) is 3.96. The smallest absolute Gasteiger partial charge is 0.233 e. The minimum Gasteiger partial charge on any atom is -0.368 e. The fourth-order valence-electron chi connectivity index (χ4n) is 1.83. The lowest BCUT2D eigenvalue weighted by molar-refractivity contribution is 0.627. The van der Waals surface area contributed by atoms with Crippen LogP contribution in [0.25, 0.3) is 0 Å². The van der Waals surface area contributed by atoms with Gasteiger partial charge in [-0.25, -0.2) is 8.78 Å². The summed E-state index contributed by atoms with van der Waals surface area (Å²) >= 11 is 0. The van der Waals surface area contributed by atoms with Gasteiger partial charge < -0.3 is 16.4 Å². The van der Waals surface area contributed by atoms with E-state index in [1.807, 2.05) is 0 Å². The van der Waals surface area contributed by atoms with Gasteiger partial charge in [0.1, 0.15) is 11.6 Å². The van der Waals surface area contributed by atoms with Gasteiger partial charge in [-0.1, -0.05) is 0 Å². The van der Waals surface area contributed by atoms with Crippen LogP contribution < -0.4 is 16.4 Å². The van der Waals surface area contributed by atoms with Crippen LogP contribution in [0.15, 0.2) is 48.5 Å². The lowest BCUT2D eigenvalue weighted by Crippen LogP contribution is -2.07. The monoisotopic (exact) mass is 314 g/mol. The van der Waals surface area contributed by atoms with Crippen LogP contribution in [0.4, 0.5) is 38.0 Å². The molecule has 0 atom stereocenters. The molecule has 23 heavy (non-hydrogen) atoms. The van der Waals surface area contributed by atoms with Crippen molar-refractivity contribution in [2.45, 2.75) is 0 Å². The summed E-state index contributed by atoms with van der Waals surface area (Å²) in [6, 6.07) is 11.4. The van der Waals surface area contributed by atoms with Crippen LogP contribution >= 0.6 is 0 Å². The molecule has 6 nitrogen and oxygen atoms in total. The van der Waals surface area contributed by atoms with Gasteiger partial charge in [0, 0.05) is 11.4 Å². The Morgan fingerprint density at radius 2 is 1.04 bits per heavy atom. The number of hydrogen-bond donors (Lipinski definition) is 3. The number of hydrogen-bond acceptors (Lipinski definition) is 6. The van der Waals surface area contributed by atoms with Crippen molar-refractivity contribution in [3.05, 3.63) is 60.2 Å². The Bertz CT molecular complexity index is 739. The van der Waals surface area contributed by atoms with E-state index in [1.165, 1.54) is 24.3 Å². The van der Waals surface area contributed by atoms with Crippen molar-refractivity contribution in [1.29, 1.82) is 0 Å². The van der Waals surface area contributed by atoms with Gasteiger partial charge in [-0.05, 0) is 48.5 Å². The van der Waals surface area contributed by atoms with E-state index in [9.17, 15) is 8.78 Å². The average molecular weight is 314 g/mol. The molecule has 0 unspecified atom stereocenters. The number of nitrogens with one attached hydrogen (secondary N) is 2. The summed E-state index contributed by atoms with van der Waals surface area (Å²) in [6.45, 7) is 0. The summed E-state index contributed by atoms with van der Waals surface area (Å²) in [6.07, 6.45) is 0. The van der Waals surface area contributed by atoms with Crippen molar-refractivity contribution < 1.29 is 8.78 Å². The maximum absolute atomic E-state index is 12.9. The molecule has 0 spiro atoms. The normalized spacial score (nSPS) is 10.3. The second kappa shape index (κ2) is 6.22. The number of nitrogens with zero attached hydrogens (tertiary/aromatic N) is 3. The Hall–Kier alpha value is -3.29. The zero-order chi connectivity index (χ0) is 16.2. The van der Waals surface area contributed by atoms with Crippen LogP contribution in [0.3, 0.4) is 0 Å². The van der Waals surface area contributed by atoms with Gasteiger partial charge in [-0.3, -0.25) is 0 Å². The molecule has 0 bridgehead atoms. The first-order valence-electron chi connectivity index (χ1n) is 6.65. The molecule has 1 heterocycles. The molecular formula is C15H12F2N6. The highest BCUT2D eigenvalue weighted by atomic mass is 19.1. The van der Waals surface area contributed by atoms with E-state index in [4.69, 9.17) is 5.73 Å². The zero-order valence-electron chi connectivity index (χ0n) is 11.8. The molecule has 3 rings (SSSR count). The number of halogens is 2. The molecule has 0 aliphatic heterocycles. The van der Waals surface area contributed by atoms with Gasteiger partial charge in [0.05, 0.1) is 0 Å². The molecule has 0 amide bonds. The van der Waals surface area contributed by atoms with Gasteiger partial charge in [-0.15, -0.1) is 0 Å². The number of nitrogens with two attached hydrogens (primary N) is 1. The van der Waals surface area contributed by atoms with Crippen molar-refractivity contribution in [2.24, 2.45) is 0 Å². The molecule has 0 fully saturated rings. The number of anilines is 5. The highest BCUT2D eigenvalue weighted by Crippen LogP contribution is 2.18. The molecule has 0 radical (unpaired) electrons. The first-order valence-corrected chi connectivity index (χ1v) is 6.65. The molecule has 0 saturated heterocycles. The summed E-state index contributed by atoms with van der Waals surface area (Å²) in [4.78, 5) is 12.1. The van der Waals surface area contributed by atoms with Gasteiger partial charge in [0.25, 0.3) is 0 Å². The van der Waals surface area contributed by atoms with E-state index in [-0.39, 0.29) is 29.5 Å². The first kappa shape index (κ1) is 14.6. The lowest BCUT2D eigenvalue weighted by atomic mass is 10.3. The van der Waals surface area contributed by atoms with E-state index in [2.05, 4.69) is 25.6 Å². The lowest BCUT2D eigenvalue weighted by Gasteiger charge is -2.09. The summed E-state index contributed by atoms with van der Waals surface area (Å²) in [5.74, 6) is -0.273. The number of benzene rings is 2. The molecule has 3 aromatic rings. The third-order valence-corrected chi connectivity index (χ3v) is 2.85. The molecular weight excluding hydrogens is 302 g/mol. The summed E-state index contributed by atoms with van der Waals surface area (Å²) in [5, 5.41) is 5.80. The van der Waals surface area contributed by atoms with Crippen LogP contribution in [-0.2, 0) is 0 Å². The van der Waals surface area contributed by atoms with Crippen molar-refractivity contribution in [2.75, 3.05) is 16.4 Å². The predicted molar refractivity (Wildman–Crippen MR) is 83.6 cm³/mol. The van der Waals surface area contributed by atoms with E-state index >= 15 is 0 Å². The number of aromatic nitrogens is 3. The number of rotatable bonds is 4. The fourth-order valence-corrected chi connectivity index (χ4v) is 1.83. The Morgan fingerprint density at radius 3 is 1.43 bits per heavy atom. The Labute approximate surface area is 130 Å². The van der Waals surface area contributed by atoms with Crippen LogP contribution in [0, 0.1) is 11.6 Å².